The lowest BCUT2D eigenvalue weighted by molar-refractivity contribution is 0.185. The molecule has 0 amide bonds. The van der Waals surface area contributed by atoms with E-state index in [1.165, 1.54) is 0 Å². The van der Waals surface area contributed by atoms with Crippen LogP contribution in [0.4, 0.5) is 11.4 Å². The third-order valence-corrected chi connectivity index (χ3v) is 3.54. The average molecular weight is 318 g/mol. The fraction of sp³-hybridized carbons (Fsp3) is 0.455. The fourth-order valence-electron chi connectivity index (χ4n) is 1.72. The van der Waals surface area contributed by atoms with Crippen LogP contribution in [-0.4, -0.2) is 18.8 Å². The zero-order valence-electron chi connectivity index (χ0n) is 8.72. The van der Waals surface area contributed by atoms with Crippen molar-refractivity contribution in [3.63, 3.8) is 0 Å². The molecule has 1 aliphatic heterocycles. The first-order valence-electron chi connectivity index (χ1n) is 5.00. The van der Waals surface area contributed by atoms with Gasteiger partial charge in [0, 0.05) is 21.6 Å². The first kappa shape index (κ1) is 11.0. The van der Waals surface area contributed by atoms with Crippen LogP contribution in [-0.2, 0) is 4.74 Å². The molecule has 4 heteroatoms. The summed E-state index contributed by atoms with van der Waals surface area (Å²) in [5.41, 5.74) is 7.72. The summed E-state index contributed by atoms with van der Waals surface area (Å²) in [6, 6.07) is 5.92. The van der Waals surface area contributed by atoms with Gasteiger partial charge >= 0.3 is 0 Å². The highest BCUT2D eigenvalue weighted by atomic mass is 127. The number of ether oxygens (including phenoxy) is 1. The molecular formula is C11H15IN2O. The number of rotatable bonds is 2. The van der Waals surface area contributed by atoms with Crippen LogP contribution in [0.5, 0.6) is 0 Å². The van der Waals surface area contributed by atoms with E-state index < -0.39 is 0 Å². The van der Waals surface area contributed by atoms with Gasteiger partial charge in [0.05, 0.1) is 12.1 Å². The van der Waals surface area contributed by atoms with Gasteiger partial charge in [-0.05, 0) is 54.1 Å². The zero-order chi connectivity index (χ0) is 10.9. The summed E-state index contributed by atoms with van der Waals surface area (Å²) < 4.78 is 6.56. The number of nitrogens with one attached hydrogen (secondary N) is 1. The minimum atomic E-state index is 0.0655. The summed E-state index contributed by atoms with van der Waals surface area (Å²) in [7, 11) is 0. The van der Waals surface area contributed by atoms with Crippen molar-refractivity contribution in [3.05, 3.63) is 21.8 Å². The molecule has 1 aromatic carbocycles. The lowest BCUT2D eigenvalue weighted by Gasteiger charge is -2.25. The van der Waals surface area contributed by atoms with Crippen LogP contribution in [0, 0.1) is 3.57 Å². The Morgan fingerprint density at radius 3 is 2.93 bits per heavy atom. The molecule has 15 heavy (non-hydrogen) atoms. The lowest BCUT2D eigenvalue weighted by Crippen LogP contribution is -2.35. The first-order chi connectivity index (χ1) is 7.09. The van der Waals surface area contributed by atoms with Gasteiger partial charge in [-0.3, -0.25) is 0 Å². The van der Waals surface area contributed by atoms with Crippen LogP contribution >= 0.6 is 22.6 Å². The SMILES string of the molecule is CC1(Nc2ccc(N)cc2I)CCOC1. The summed E-state index contributed by atoms with van der Waals surface area (Å²) in [6.45, 7) is 3.80. The van der Waals surface area contributed by atoms with Gasteiger partial charge in [0.25, 0.3) is 0 Å². The van der Waals surface area contributed by atoms with Crippen LogP contribution in [0.15, 0.2) is 18.2 Å². The molecule has 3 nitrogen and oxygen atoms in total. The van der Waals surface area contributed by atoms with E-state index in [1.54, 1.807) is 0 Å². The molecule has 1 aromatic rings. The summed E-state index contributed by atoms with van der Waals surface area (Å²) in [6.07, 6.45) is 1.05. The number of halogens is 1. The minimum Gasteiger partial charge on any atom is -0.399 e. The van der Waals surface area contributed by atoms with Crippen molar-refractivity contribution in [2.45, 2.75) is 18.9 Å². The summed E-state index contributed by atoms with van der Waals surface area (Å²) in [5, 5.41) is 3.52. The van der Waals surface area contributed by atoms with Gasteiger partial charge in [0.2, 0.25) is 0 Å². The second-order valence-electron chi connectivity index (χ2n) is 4.23. The van der Waals surface area contributed by atoms with E-state index in [-0.39, 0.29) is 5.54 Å². The van der Waals surface area contributed by atoms with Gasteiger partial charge in [-0.15, -0.1) is 0 Å². The number of nitrogens with two attached hydrogens (primary N) is 1. The highest BCUT2D eigenvalue weighted by molar-refractivity contribution is 14.1. The predicted molar refractivity (Wildman–Crippen MR) is 71.0 cm³/mol. The van der Waals surface area contributed by atoms with Crippen LogP contribution in [0.2, 0.25) is 0 Å². The Labute approximate surface area is 104 Å². The molecule has 1 heterocycles. The van der Waals surface area contributed by atoms with Crippen LogP contribution in [0.1, 0.15) is 13.3 Å². The number of nitrogen functional groups attached to an aromatic ring is 1. The molecule has 2 rings (SSSR count). The Morgan fingerprint density at radius 1 is 1.53 bits per heavy atom. The van der Waals surface area contributed by atoms with Crippen molar-refractivity contribution in [2.24, 2.45) is 0 Å². The Bertz CT molecular complexity index is 362. The molecule has 0 saturated carbocycles. The third-order valence-electron chi connectivity index (χ3n) is 2.65. The highest BCUT2D eigenvalue weighted by Gasteiger charge is 2.29. The number of anilines is 2. The van der Waals surface area contributed by atoms with Gasteiger partial charge in [-0.25, -0.2) is 0 Å². The van der Waals surface area contributed by atoms with Gasteiger partial charge in [0.1, 0.15) is 0 Å². The van der Waals surface area contributed by atoms with Crippen LogP contribution < -0.4 is 11.1 Å². The van der Waals surface area contributed by atoms with E-state index >= 15 is 0 Å². The zero-order valence-corrected chi connectivity index (χ0v) is 10.9. The quantitative estimate of drug-likeness (QED) is 0.650. The van der Waals surface area contributed by atoms with Crippen molar-refractivity contribution in [1.29, 1.82) is 0 Å². The Kier molecular flexibility index (Phi) is 3.06. The van der Waals surface area contributed by atoms with Crippen molar-refractivity contribution < 1.29 is 4.74 Å². The standard InChI is InChI=1S/C11H15IN2O/c1-11(4-5-15-7-11)14-10-3-2-8(13)6-9(10)12/h2-3,6,14H,4-5,7,13H2,1H3. The molecule has 0 bridgehead atoms. The lowest BCUT2D eigenvalue weighted by atomic mass is 10.0. The largest absolute Gasteiger partial charge is 0.399 e. The van der Waals surface area contributed by atoms with E-state index in [9.17, 15) is 0 Å². The molecule has 82 valence electrons. The molecule has 3 N–H and O–H groups in total. The maximum atomic E-state index is 5.71. The van der Waals surface area contributed by atoms with Crippen molar-refractivity contribution >= 4 is 34.0 Å². The molecule has 1 atom stereocenters. The first-order valence-corrected chi connectivity index (χ1v) is 6.08. The van der Waals surface area contributed by atoms with Gasteiger partial charge in [-0.1, -0.05) is 0 Å². The summed E-state index contributed by atoms with van der Waals surface area (Å²) in [5.74, 6) is 0. The van der Waals surface area contributed by atoms with E-state index in [2.05, 4.69) is 34.8 Å². The molecule has 0 aliphatic carbocycles. The molecular weight excluding hydrogens is 303 g/mol. The predicted octanol–water partition coefficient (Wildman–Crippen LogP) is 2.46. The van der Waals surface area contributed by atoms with Crippen LogP contribution in [0.25, 0.3) is 0 Å². The topological polar surface area (TPSA) is 47.3 Å². The Hall–Kier alpha value is -0.490. The number of benzene rings is 1. The summed E-state index contributed by atoms with van der Waals surface area (Å²) >= 11 is 2.30. The molecule has 0 radical (unpaired) electrons. The van der Waals surface area contributed by atoms with Gasteiger partial charge in [-0.2, -0.15) is 0 Å². The minimum absolute atomic E-state index is 0.0655. The van der Waals surface area contributed by atoms with E-state index in [1.807, 2.05) is 18.2 Å². The molecule has 1 aliphatic rings. The fourth-order valence-corrected chi connectivity index (χ4v) is 2.40. The maximum absolute atomic E-state index is 5.71. The van der Waals surface area contributed by atoms with Gasteiger partial charge < -0.3 is 15.8 Å². The van der Waals surface area contributed by atoms with Crippen LogP contribution in [0.3, 0.4) is 0 Å². The average Bonchev–Trinajstić information content (AvgIpc) is 2.58. The van der Waals surface area contributed by atoms with E-state index in [0.29, 0.717) is 0 Å². The molecule has 0 aromatic heterocycles. The molecule has 1 unspecified atom stereocenters. The van der Waals surface area contributed by atoms with Crippen molar-refractivity contribution in [1.82, 2.24) is 0 Å². The Morgan fingerprint density at radius 2 is 2.33 bits per heavy atom. The van der Waals surface area contributed by atoms with Crippen molar-refractivity contribution in [3.8, 4) is 0 Å². The number of hydrogen-bond acceptors (Lipinski definition) is 3. The smallest absolute Gasteiger partial charge is 0.0694 e. The second-order valence-corrected chi connectivity index (χ2v) is 5.39. The Balaban J connectivity index is 2.16. The highest BCUT2D eigenvalue weighted by Crippen LogP contribution is 2.28. The maximum Gasteiger partial charge on any atom is 0.0694 e. The van der Waals surface area contributed by atoms with Gasteiger partial charge in [0.15, 0.2) is 0 Å². The summed E-state index contributed by atoms with van der Waals surface area (Å²) in [4.78, 5) is 0. The second kappa shape index (κ2) is 4.17. The third kappa shape index (κ3) is 2.55. The van der Waals surface area contributed by atoms with E-state index in [4.69, 9.17) is 10.5 Å². The molecule has 1 fully saturated rings. The monoisotopic (exact) mass is 318 g/mol. The molecule has 0 spiro atoms. The normalized spacial score (nSPS) is 25.5. The van der Waals surface area contributed by atoms with E-state index in [0.717, 1.165) is 34.6 Å². The van der Waals surface area contributed by atoms with Crippen molar-refractivity contribution in [2.75, 3.05) is 24.3 Å². The number of hydrogen-bond donors (Lipinski definition) is 2. The molecule has 1 saturated heterocycles.